The molecular formula is C17H27NO2. The van der Waals surface area contributed by atoms with E-state index in [0.717, 1.165) is 44.4 Å². The summed E-state index contributed by atoms with van der Waals surface area (Å²) in [6, 6.07) is 8.71. The van der Waals surface area contributed by atoms with Gasteiger partial charge in [0.25, 0.3) is 0 Å². The van der Waals surface area contributed by atoms with Crippen molar-refractivity contribution in [3.05, 3.63) is 29.8 Å². The van der Waals surface area contributed by atoms with E-state index in [4.69, 9.17) is 4.74 Å². The van der Waals surface area contributed by atoms with Gasteiger partial charge in [0.05, 0.1) is 6.10 Å². The van der Waals surface area contributed by atoms with E-state index in [1.54, 1.807) is 0 Å². The molecule has 1 aromatic carbocycles. The van der Waals surface area contributed by atoms with E-state index in [0.29, 0.717) is 6.04 Å². The first kappa shape index (κ1) is 15.3. The smallest absolute Gasteiger partial charge is 0.124 e. The van der Waals surface area contributed by atoms with Gasteiger partial charge in [-0.25, -0.2) is 0 Å². The van der Waals surface area contributed by atoms with Gasteiger partial charge in [0.1, 0.15) is 11.9 Å². The lowest BCUT2D eigenvalue weighted by molar-refractivity contribution is 0.00686. The van der Waals surface area contributed by atoms with E-state index in [1.807, 2.05) is 12.1 Å². The lowest BCUT2D eigenvalue weighted by Crippen LogP contribution is -2.34. The molecular weight excluding hydrogens is 250 g/mol. The van der Waals surface area contributed by atoms with Crippen molar-refractivity contribution in [2.24, 2.45) is 0 Å². The number of aliphatic hydroxyl groups excluding tert-OH is 1. The summed E-state index contributed by atoms with van der Waals surface area (Å²) < 4.78 is 5.93. The van der Waals surface area contributed by atoms with Crippen LogP contribution in [0.1, 0.15) is 57.6 Å². The molecule has 1 fully saturated rings. The lowest BCUT2D eigenvalue weighted by Gasteiger charge is -2.28. The highest BCUT2D eigenvalue weighted by atomic mass is 16.5. The van der Waals surface area contributed by atoms with Crippen LogP contribution in [0.25, 0.3) is 0 Å². The molecule has 0 bridgehead atoms. The van der Waals surface area contributed by atoms with E-state index in [1.165, 1.54) is 5.56 Å². The summed E-state index contributed by atoms with van der Waals surface area (Å²) >= 11 is 0. The van der Waals surface area contributed by atoms with Crippen LogP contribution in [-0.2, 0) is 0 Å². The molecule has 3 heteroatoms. The van der Waals surface area contributed by atoms with Crippen LogP contribution < -0.4 is 10.1 Å². The number of rotatable bonds is 6. The Morgan fingerprint density at radius 2 is 1.90 bits per heavy atom. The summed E-state index contributed by atoms with van der Waals surface area (Å²) in [5.41, 5.74) is 1.30. The molecule has 0 saturated heterocycles. The monoisotopic (exact) mass is 277 g/mol. The summed E-state index contributed by atoms with van der Waals surface area (Å²) in [5.74, 6) is 0.867. The van der Waals surface area contributed by atoms with E-state index in [9.17, 15) is 5.11 Å². The van der Waals surface area contributed by atoms with Crippen LogP contribution in [0.15, 0.2) is 24.3 Å². The van der Waals surface area contributed by atoms with E-state index in [2.05, 4.69) is 31.3 Å². The van der Waals surface area contributed by atoms with Crippen molar-refractivity contribution >= 4 is 0 Å². The molecule has 0 radical (unpaired) electrons. The van der Waals surface area contributed by atoms with Crippen molar-refractivity contribution in [2.45, 2.75) is 64.2 Å². The van der Waals surface area contributed by atoms with Gasteiger partial charge in [-0.1, -0.05) is 32.4 Å². The topological polar surface area (TPSA) is 41.5 Å². The highest BCUT2D eigenvalue weighted by Crippen LogP contribution is 2.25. The van der Waals surface area contributed by atoms with Gasteiger partial charge in [-0.2, -0.15) is 0 Å². The van der Waals surface area contributed by atoms with E-state index in [-0.39, 0.29) is 12.2 Å². The predicted molar refractivity (Wildman–Crippen MR) is 82.0 cm³/mol. The van der Waals surface area contributed by atoms with Crippen molar-refractivity contribution in [2.75, 3.05) is 6.54 Å². The minimum atomic E-state index is -0.312. The molecule has 0 heterocycles. The number of hydrogen-bond donors (Lipinski definition) is 2. The fourth-order valence-electron chi connectivity index (χ4n) is 2.91. The zero-order valence-electron chi connectivity index (χ0n) is 12.6. The maximum Gasteiger partial charge on any atom is 0.124 e. The van der Waals surface area contributed by atoms with Crippen molar-refractivity contribution in [3.8, 4) is 5.75 Å². The maximum absolute atomic E-state index is 9.95. The highest BCUT2D eigenvalue weighted by molar-refractivity contribution is 5.29. The average Bonchev–Trinajstić information content (AvgIpc) is 2.48. The molecule has 0 spiro atoms. The fourth-order valence-corrected chi connectivity index (χ4v) is 2.91. The minimum Gasteiger partial charge on any atom is -0.488 e. The van der Waals surface area contributed by atoms with Gasteiger partial charge in [-0.3, -0.25) is 0 Å². The first-order valence-electron chi connectivity index (χ1n) is 7.92. The average molecular weight is 277 g/mol. The molecule has 3 nitrogen and oxygen atoms in total. The second kappa shape index (κ2) is 7.65. The first-order valence-corrected chi connectivity index (χ1v) is 7.92. The summed E-state index contributed by atoms with van der Waals surface area (Å²) in [6.45, 7) is 5.30. The normalized spacial score (nSPS) is 24.4. The molecule has 2 N–H and O–H groups in total. The van der Waals surface area contributed by atoms with Crippen LogP contribution >= 0.6 is 0 Å². The number of aliphatic hydroxyl groups is 1. The Hall–Kier alpha value is -1.06. The number of ether oxygens (including phenoxy) is 1. The molecule has 1 aliphatic carbocycles. The molecule has 1 saturated carbocycles. The Balaban J connectivity index is 1.97. The Labute approximate surface area is 122 Å². The largest absolute Gasteiger partial charge is 0.488 e. The second-order valence-electron chi connectivity index (χ2n) is 5.60. The Morgan fingerprint density at radius 1 is 1.20 bits per heavy atom. The Morgan fingerprint density at radius 3 is 2.50 bits per heavy atom. The van der Waals surface area contributed by atoms with Crippen LogP contribution in [0.3, 0.4) is 0 Å². The first-order chi connectivity index (χ1) is 9.74. The zero-order valence-corrected chi connectivity index (χ0v) is 12.6. The molecule has 0 amide bonds. The number of benzene rings is 1. The molecule has 3 unspecified atom stereocenters. The lowest BCUT2D eigenvalue weighted by atomic mass is 9.95. The van der Waals surface area contributed by atoms with Crippen molar-refractivity contribution < 1.29 is 9.84 Å². The third kappa shape index (κ3) is 3.97. The summed E-state index contributed by atoms with van der Waals surface area (Å²) in [7, 11) is 0. The van der Waals surface area contributed by atoms with E-state index >= 15 is 0 Å². The zero-order chi connectivity index (χ0) is 14.4. The number of hydrogen-bond acceptors (Lipinski definition) is 3. The Bertz CT molecular complexity index is 390. The molecule has 0 aromatic heterocycles. The van der Waals surface area contributed by atoms with Crippen LogP contribution in [0.5, 0.6) is 5.75 Å². The van der Waals surface area contributed by atoms with Gasteiger partial charge < -0.3 is 15.2 Å². The van der Waals surface area contributed by atoms with Crippen molar-refractivity contribution in [1.29, 1.82) is 0 Å². The fraction of sp³-hybridized carbons (Fsp3) is 0.647. The van der Waals surface area contributed by atoms with Gasteiger partial charge in [0.2, 0.25) is 0 Å². The maximum atomic E-state index is 9.95. The summed E-state index contributed by atoms with van der Waals surface area (Å²) in [6.07, 6.45) is 4.81. The third-order valence-corrected chi connectivity index (χ3v) is 4.10. The minimum absolute atomic E-state index is 0.0367. The van der Waals surface area contributed by atoms with Gasteiger partial charge in [-0.15, -0.1) is 0 Å². The van der Waals surface area contributed by atoms with Crippen LogP contribution in [0, 0.1) is 0 Å². The molecule has 112 valence electrons. The summed E-state index contributed by atoms with van der Waals surface area (Å²) in [4.78, 5) is 0. The highest BCUT2D eigenvalue weighted by Gasteiger charge is 2.24. The van der Waals surface area contributed by atoms with Gasteiger partial charge in [0, 0.05) is 6.04 Å². The van der Waals surface area contributed by atoms with E-state index < -0.39 is 0 Å². The van der Waals surface area contributed by atoms with Gasteiger partial charge >= 0.3 is 0 Å². The molecule has 1 aliphatic rings. The quantitative estimate of drug-likeness (QED) is 0.837. The summed E-state index contributed by atoms with van der Waals surface area (Å²) in [5, 5.41) is 13.4. The molecule has 0 aliphatic heterocycles. The Kier molecular flexibility index (Phi) is 5.86. The van der Waals surface area contributed by atoms with Gasteiger partial charge in [-0.05, 0) is 49.9 Å². The SMILES string of the molecule is CCNC(CC)c1ccc(OC2CCCCC2O)cc1. The van der Waals surface area contributed by atoms with Crippen LogP contribution in [0.2, 0.25) is 0 Å². The van der Waals surface area contributed by atoms with Crippen molar-refractivity contribution in [3.63, 3.8) is 0 Å². The van der Waals surface area contributed by atoms with Crippen LogP contribution in [0.4, 0.5) is 0 Å². The van der Waals surface area contributed by atoms with Crippen molar-refractivity contribution in [1.82, 2.24) is 5.32 Å². The number of nitrogens with one attached hydrogen (secondary N) is 1. The molecule has 1 aromatic rings. The van der Waals surface area contributed by atoms with Crippen LogP contribution in [-0.4, -0.2) is 23.9 Å². The third-order valence-electron chi connectivity index (χ3n) is 4.10. The molecule has 2 rings (SSSR count). The van der Waals surface area contributed by atoms with Gasteiger partial charge in [0.15, 0.2) is 0 Å². The standard InChI is InChI=1S/C17H27NO2/c1-3-15(18-4-2)13-9-11-14(12-10-13)20-17-8-6-5-7-16(17)19/h9-12,15-19H,3-8H2,1-2H3. The predicted octanol–water partition coefficient (Wildman–Crippen LogP) is 3.43. The molecule has 20 heavy (non-hydrogen) atoms. The second-order valence-corrected chi connectivity index (χ2v) is 5.60. The molecule has 3 atom stereocenters.